The summed E-state index contributed by atoms with van der Waals surface area (Å²) in [4.78, 5) is 42.6. The molecule has 1 N–H and O–H groups in total. The van der Waals surface area contributed by atoms with Crippen molar-refractivity contribution in [2.45, 2.75) is 19.0 Å². The molecule has 0 atom stereocenters. The first-order valence-corrected chi connectivity index (χ1v) is 11.7. The number of para-hydroxylation sites is 2. The summed E-state index contributed by atoms with van der Waals surface area (Å²) >= 11 is 1.15. The number of hydrogen-bond acceptors (Lipinski definition) is 6. The normalized spacial score (nSPS) is 10.8. The average molecular weight is 474 g/mol. The van der Waals surface area contributed by atoms with Crippen molar-refractivity contribution >= 4 is 40.0 Å². The number of rotatable bonds is 8. The highest BCUT2D eigenvalue weighted by atomic mass is 32.2. The van der Waals surface area contributed by atoms with Crippen molar-refractivity contribution in [3.05, 3.63) is 88.7 Å². The van der Waals surface area contributed by atoms with Crippen LogP contribution < -0.4 is 15.6 Å². The largest absolute Gasteiger partial charge is 0.494 e. The summed E-state index contributed by atoms with van der Waals surface area (Å²) in [6.45, 7) is 3.90. The molecule has 0 saturated heterocycles. The summed E-state index contributed by atoms with van der Waals surface area (Å²) in [6, 6.07) is 21.1. The van der Waals surface area contributed by atoms with Gasteiger partial charge in [0, 0.05) is 5.56 Å². The van der Waals surface area contributed by atoms with E-state index in [9.17, 15) is 14.4 Å². The van der Waals surface area contributed by atoms with Gasteiger partial charge in [0.2, 0.25) is 5.91 Å². The predicted octanol–water partition coefficient (Wildman–Crippen LogP) is 4.72. The van der Waals surface area contributed by atoms with E-state index in [1.807, 2.05) is 13.0 Å². The Balaban J connectivity index is 1.65. The van der Waals surface area contributed by atoms with E-state index >= 15 is 0 Å². The molecule has 172 valence electrons. The van der Waals surface area contributed by atoms with E-state index in [4.69, 9.17) is 4.74 Å². The Bertz CT molecular complexity index is 1410. The van der Waals surface area contributed by atoms with Crippen LogP contribution in [0.5, 0.6) is 5.75 Å². The summed E-state index contributed by atoms with van der Waals surface area (Å²) in [5, 5.41) is 3.66. The molecule has 4 aromatic rings. The lowest BCUT2D eigenvalue weighted by Crippen LogP contribution is -2.23. The third-order valence-corrected chi connectivity index (χ3v) is 6.00. The number of fused-ring (bicyclic) bond motifs is 1. The monoisotopic (exact) mass is 473 g/mol. The molecule has 0 saturated carbocycles. The number of thioether (sulfide) groups is 1. The second-order valence-corrected chi connectivity index (χ2v) is 8.36. The van der Waals surface area contributed by atoms with Gasteiger partial charge in [-0.25, -0.2) is 4.98 Å². The lowest BCUT2D eigenvalue weighted by atomic mass is 10.1. The van der Waals surface area contributed by atoms with Gasteiger partial charge in [0.1, 0.15) is 5.75 Å². The minimum absolute atomic E-state index is 0.00798. The van der Waals surface area contributed by atoms with Crippen LogP contribution in [0.25, 0.3) is 16.6 Å². The van der Waals surface area contributed by atoms with Crippen molar-refractivity contribution in [3.8, 4) is 11.4 Å². The Morgan fingerprint density at radius 3 is 2.44 bits per heavy atom. The fourth-order valence-electron chi connectivity index (χ4n) is 3.51. The van der Waals surface area contributed by atoms with Crippen LogP contribution in [-0.4, -0.2) is 33.6 Å². The highest BCUT2D eigenvalue weighted by Gasteiger charge is 2.16. The third kappa shape index (κ3) is 5.02. The molecule has 34 heavy (non-hydrogen) atoms. The van der Waals surface area contributed by atoms with E-state index in [1.165, 1.54) is 11.5 Å². The second-order valence-electron chi connectivity index (χ2n) is 7.42. The molecule has 0 fully saturated rings. The predicted molar refractivity (Wildman–Crippen MR) is 134 cm³/mol. The molecule has 3 aromatic carbocycles. The molecular formula is C26H23N3O4S. The lowest BCUT2D eigenvalue weighted by molar-refractivity contribution is -0.113. The quantitative estimate of drug-likeness (QED) is 0.226. The number of nitrogens with zero attached hydrogens (tertiary/aromatic N) is 2. The standard InChI is InChI=1S/C26H23N3O4S/c1-3-33-19-14-12-18(13-15-19)29-25(32)21-9-5-7-11-23(21)28-26(29)34-16-24(31)27-22-10-6-4-8-20(22)17(2)30/h4-15H,3,16H2,1-2H3,(H,27,31). The van der Waals surface area contributed by atoms with Crippen molar-refractivity contribution in [2.75, 3.05) is 17.7 Å². The van der Waals surface area contributed by atoms with Crippen LogP contribution in [0.4, 0.5) is 5.69 Å². The average Bonchev–Trinajstić information content (AvgIpc) is 2.84. The number of hydrogen-bond donors (Lipinski definition) is 1. The number of Topliss-reactive ketones (excluding diaryl/α,β-unsaturated/α-hetero) is 1. The van der Waals surface area contributed by atoms with Gasteiger partial charge in [-0.3, -0.25) is 19.0 Å². The molecule has 1 heterocycles. The van der Waals surface area contributed by atoms with Crippen LogP contribution in [0.3, 0.4) is 0 Å². The molecule has 1 aromatic heterocycles. The minimum Gasteiger partial charge on any atom is -0.494 e. The van der Waals surface area contributed by atoms with Crippen LogP contribution >= 0.6 is 11.8 Å². The third-order valence-electron chi connectivity index (χ3n) is 5.06. The van der Waals surface area contributed by atoms with Crippen molar-refractivity contribution in [1.82, 2.24) is 9.55 Å². The molecular weight excluding hydrogens is 450 g/mol. The Morgan fingerprint density at radius 1 is 1.00 bits per heavy atom. The van der Waals surface area contributed by atoms with Crippen LogP contribution in [0.2, 0.25) is 0 Å². The number of nitrogens with one attached hydrogen (secondary N) is 1. The number of ether oxygens (including phenoxy) is 1. The van der Waals surface area contributed by atoms with E-state index in [1.54, 1.807) is 66.7 Å². The first kappa shape index (κ1) is 23.3. The number of aromatic nitrogens is 2. The maximum atomic E-state index is 13.4. The molecule has 0 aliphatic heterocycles. The molecule has 1 amide bonds. The number of ketones is 1. The zero-order valence-corrected chi connectivity index (χ0v) is 19.6. The van der Waals surface area contributed by atoms with Gasteiger partial charge in [-0.15, -0.1) is 0 Å². The van der Waals surface area contributed by atoms with E-state index in [2.05, 4.69) is 10.3 Å². The maximum Gasteiger partial charge on any atom is 0.266 e. The SMILES string of the molecule is CCOc1ccc(-n2c(SCC(=O)Nc3ccccc3C(C)=O)nc3ccccc3c2=O)cc1. The van der Waals surface area contributed by atoms with Crippen LogP contribution in [0.15, 0.2) is 82.7 Å². The van der Waals surface area contributed by atoms with E-state index in [0.717, 1.165) is 11.8 Å². The van der Waals surface area contributed by atoms with E-state index in [0.29, 0.717) is 45.4 Å². The Kier molecular flexibility index (Phi) is 7.08. The number of carbonyl (C=O) groups excluding carboxylic acids is 2. The Labute approximate surface area is 200 Å². The van der Waals surface area contributed by atoms with E-state index in [-0.39, 0.29) is 23.0 Å². The van der Waals surface area contributed by atoms with Crippen molar-refractivity contribution in [3.63, 3.8) is 0 Å². The van der Waals surface area contributed by atoms with Gasteiger partial charge < -0.3 is 10.1 Å². The molecule has 0 radical (unpaired) electrons. The first-order chi connectivity index (χ1) is 16.5. The summed E-state index contributed by atoms with van der Waals surface area (Å²) < 4.78 is 7.00. The van der Waals surface area contributed by atoms with Gasteiger partial charge in [-0.05, 0) is 62.4 Å². The van der Waals surface area contributed by atoms with Gasteiger partial charge in [0.05, 0.1) is 34.6 Å². The van der Waals surface area contributed by atoms with Gasteiger partial charge in [0.15, 0.2) is 10.9 Å². The second kappa shape index (κ2) is 10.4. The van der Waals surface area contributed by atoms with Crippen molar-refractivity contribution in [1.29, 1.82) is 0 Å². The van der Waals surface area contributed by atoms with Crippen LogP contribution in [-0.2, 0) is 4.79 Å². The zero-order valence-electron chi connectivity index (χ0n) is 18.8. The van der Waals surface area contributed by atoms with Crippen molar-refractivity contribution < 1.29 is 14.3 Å². The van der Waals surface area contributed by atoms with Gasteiger partial charge >= 0.3 is 0 Å². The molecule has 7 nitrogen and oxygen atoms in total. The van der Waals surface area contributed by atoms with Gasteiger partial charge in [0.25, 0.3) is 5.56 Å². The number of carbonyl (C=O) groups is 2. The van der Waals surface area contributed by atoms with Gasteiger partial charge in [-0.1, -0.05) is 36.0 Å². The van der Waals surface area contributed by atoms with Crippen LogP contribution in [0, 0.1) is 0 Å². The number of anilines is 1. The van der Waals surface area contributed by atoms with Crippen molar-refractivity contribution in [2.24, 2.45) is 0 Å². The lowest BCUT2D eigenvalue weighted by Gasteiger charge is -2.14. The summed E-state index contributed by atoms with van der Waals surface area (Å²) in [5.74, 6) is 0.267. The fraction of sp³-hybridized carbons (Fsp3) is 0.154. The first-order valence-electron chi connectivity index (χ1n) is 10.8. The van der Waals surface area contributed by atoms with Gasteiger partial charge in [-0.2, -0.15) is 0 Å². The minimum atomic E-state index is -0.306. The fourth-order valence-corrected chi connectivity index (χ4v) is 4.32. The molecule has 0 unspecified atom stereocenters. The summed E-state index contributed by atoms with van der Waals surface area (Å²) in [6.07, 6.45) is 0. The highest BCUT2D eigenvalue weighted by Crippen LogP contribution is 2.24. The highest BCUT2D eigenvalue weighted by molar-refractivity contribution is 7.99. The summed E-state index contributed by atoms with van der Waals surface area (Å²) in [5.41, 5.74) is 1.85. The molecule has 8 heteroatoms. The number of benzene rings is 3. The Hall–Kier alpha value is -3.91. The molecule has 0 bridgehead atoms. The smallest absolute Gasteiger partial charge is 0.266 e. The molecule has 0 aliphatic carbocycles. The van der Waals surface area contributed by atoms with E-state index < -0.39 is 0 Å². The topological polar surface area (TPSA) is 90.3 Å². The summed E-state index contributed by atoms with van der Waals surface area (Å²) in [7, 11) is 0. The molecule has 0 spiro atoms. The molecule has 4 rings (SSSR count). The molecule has 0 aliphatic rings. The Morgan fingerprint density at radius 2 is 1.71 bits per heavy atom. The zero-order chi connectivity index (χ0) is 24.1. The maximum absolute atomic E-state index is 13.4. The number of amides is 1. The van der Waals surface area contributed by atoms with Crippen LogP contribution in [0.1, 0.15) is 24.2 Å².